The van der Waals surface area contributed by atoms with Crippen molar-refractivity contribution in [1.29, 1.82) is 0 Å². The number of aromatic nitrogens is 1. The minimum Gasteiger partial charge on any atom is -0.347 e. The molecule has 1 aliphatic heterocycles. The average molecular weight is 296 g/mol. The zero-order valence-electron chi connectivity index (χ0n) is 13.5. The quantitative estimate of drug-likeness (QED) is 0.928. The van der Waals surface area contributed by atoms with Gasteiger partial charge in [0.05, 0.1) is 5.69 Å². The molecule has 0 bridgehead atoms. The highest BCUT2D eigenvalue weighted by molar-refractivity contribution is 7.15. The van der Waals surface area contributed by atoms with Gasteiger partial charge in [0.1, 0.15) is 0 Å². The summed E-state index contributed by atoms with van der Waals surface area (Å²) in [6.45, 7) is 14.2. The maximum atomic E-state index is 4.79. The van der Waals surface area contributed by atoms with E-state index in [4.69, 9.17) is 4.98 Å². The highest BCUT2D eigenvalue weighted by Crippen LogP contribution is 2.27. The summed E-state index contributed by atoms with van der Waals surface area (Å²) in [5.74, 6) is 0. The van der Waals surface area contributed by atoms with E-state index in [1.165, 1.54) is 28.7 Å². The Morgan fingerprint density at radius 2 is 1.95 bits per heavy atom. The van der Waals surface area contributed by atoms with Gasteiger partial charge in [0.2, 0.25) is 0 Å². The Morgan fingerprint density at radius 3 is 2.65 bits per heavy atom. The van der Waals surface area contributed by atoms with Crippen LogP contribution in [0.1, 0.15) is 37.8 Å². The predicted molar refractivity (Wildman–Crippen MR) is 87.8 cm³/mol. The van der Waals surface area contributed by atoms with Gasteiger partial charge in [-0.1, -0.05) is 0 Å². The van der Waals surface area contributed by atoms with Gasteiger partial charge in [-0.05, 0) is 47.7 Å². The van der Waals surface area contributed by atoms with Crippen molar-refractivity contribution in [3.63, 3.8) is 0 Å². The van der Waals surface area contributed by atoms with E-state index in [0.29, 0.717) is 0 Å². The lowest BCUT2D eigenvalue weighted by Crippen LogP contribution is -2.34. The minimum absolute atomic E-state index is 0.155. The highest BCUT2D eigenvalue weighted by atomic mass is 32.1. The fourth-order valence-electron chi connectivity index (χ4n) is 2.30. The van der Waals surface area contributed by atoms with Gasteiger partial charge in [0.15, 0.2) is 5.13 Å². The molecular weight excluding hydrogens is 268 g/mol. The second kappa shape index (κ2) is 6.41. The normalized spacial score (nSPS) is 18.4. The van der Waals surface area contributed by atoms with E-state index in [-0.39, 0.29) is 5.54 Å². The van der Waals surface area contributed by atoms with E-state index < -0.39 is 0 Å². The van der Waals surface area contributed by atoms with E-state index in [1.807, 2.05) is 11.3 Å². The van der Waals surface area contributed by atoms with Gasteiger partial charge < -0.3 is 15.1 Å². The van der Waals surface area contributed by atoms with Crippen molar-refractivity contribution in [2.45, 2.75) is 46.2 Å². The molecule has 2 rings (SSSR count). The zero-order chi connectivity index (χ0) is 14.8. The summed E-state index contributed by atoms with van der Waals surface area (Å²) in [4.78, 5) is 11.0. The number of aryl methyl sites for hydroxylation is 1. The van der Waals surface area contributed by atoms with Gasteiger partial charge in [-0.15, -0.1) is 11.3 Å². The van der Waals surface area contributed by atoms with E-state index in [0.717, 1.165) is 26.2 Å². The molecule has 0 unspecified atom stereocenters. The Labute approximate surface area is 127 Å². The molecule has 1 aliphatic rings. The van der Waals surface area contributed by atoms with Gasteiger partial charge in [0.25, 0.3) is 0 Å². The van der Waals surface area contributed by atoms with Gasteiger partial charge >= 0.3 is 0 Å². The molecule has 1 N–H and O–H groups in total. The zero-order valence-corrected chi connectivity index (χ0v) is 14.3. The van der Waals surface area contributed by atoms with Gasteiger partial charge in [0, 0.05) is 36.6 Å². The van der Waals surface area contributed by atoms with E-state index in [9.17, 15) is 0 Å². The van der Waals surface area contributed by atoms with Crippen molar-refractivity contribution in [2.75, 3.05) is 38.1 Å². The third-order valence-corrected chi connectivity index (χ3v) is 4.87. The molecule has 1 fully saturated rings. The van der Waals surface area contributed by atoms with E-state index in [2.05, 4.69) is 49.9 Å². The first-order valence-corrected chi connectivity index (χ1v) is 8.31. The third-order valence-electron chi connectivity index (χ3n) is 3.65. The smallest absolute Gasteiger partial charge is 0.185 e. The molecule has 0 radical (unpaired) electrons. The van der Waals surface area contributed by atoms with Gasteiger partial charge in [-0.3, -0.25) is 0 Å². The second-order valence-electron chi connectivity index (χ2n) is 6.75. The Balaban J connectivity index is 2.02. The Bertz CT molecular complexity index is 436. The van der Waals surface area contributed by atoms with Crippen LogP contribution in [0, 0.1) is 6.92 Å². The molecule has 0 atom stereocenters. The van der Waals surface area contributed by atoms with Crippen LogP contribution in [0.4, 0.5) is 5.13 Å². The van der Waals surface area contributed by atoms with Crippen molar-refractivity contribution in [3.8, 4) is 0 Å². The molecule has 1 aromatic rings. The molecule has 1 saturated heterocycles. The summed E-state index contributed by atoms with van der Waals surface area (Å²) in [5, 5.41) is 4.76. The summed E-state index contributed by atoms with van der Waals surface area (Å²) in [6.07, 6.45) is 1.23. The molecule has 0 aromatic carbocycles. The van der Waals surface area contributed by atoms with Crippen molar-refractivity contribution in [2.24, 2.45) is 0 Å². The van der Waals surface area contributed by atoms with Crippen LogP contribution in [0.25, 0.3) is 0 Å². The Kier molecular flexibility index (Phi) is 5.04. The summed E-state index contributed by atoms with van der Waals surface area (Å²) < 4.78 is 0. The Hall–Kier alpha value is -0.650. The van der Waals surface area contributed by atoms with Crippen molar-refractivity contribution >= 4 is 16.5 Å². The largest absolute Gasteiger partial charge is 0.347 e. The molecule has 0 saturated carbocycles. The summed E-state index contributed by atoms with van der Waals surface area (Å²) in [7, 11) is 2.20. The lowest BCUT2D eigenvalue weighted by molar-refractivity contribution is 0.360. The topological polar surface area (TPSA) is 31.4 Å². The number of rotatable bonds is 3. The minimum atomic E-state index is 0.155. The van der Waals surface area contributed by atoms with Crippen molar-refractivity contribution in [1.82, 2.24) is 15.2 Å². The summed E-state index contributed by atoms with van der Waals surface area (Å²) in [6, 6.07) is 0. The number of hydrogen-bond donors (Lipinski definition) is 1. The van der Waals surface area contributed by atoms with Crippen LogP contribution < -0.4 is 10.2 Å². The number of hydrogen-bond acceptors (Lipinski definition) is 5. The molecular formula is C15H28N4S. The standard InChI is InChI=1S/C15H28N4S/c1-12-13(11-16-15(2,3)4)20-14(17-12)19-8-6-7-18(5)9-10-19/h16H,6-11H2,1-5H3. The van der Waals surface area contributed by atoms with Crippen LogP contribution in [0.15, 0.2) is 0 Å². The fraction of sp³-hybridized carbons (Fsp3) is 0.800. The molecule has 20 heavy (non-hydrogen) atoms. The first-order valence-electron chi connectivity index (χ1n) is 7.50. The van der Waals surface area contributed by atoms with Crippen molar-refractivity contribution in [3.05, 3.63) is 10.6 Å². The molecule has 114 valence electrons. The number of anilines is 1. The van der Waals surface area contributed by atoms with Crippen LogP contribution in [0.5, 0.6) is 0 Å². The van der Waals surface area contributed by atoms with Gasteiger partial charge in [-0.2, -0.15) is 0 Å². The highest BCUT2D eigenvalue weighted by Gasteiger charge is 2.18. The molecule has 2 heterocycles. The van der Waals surface area contributed by atoms with E-state index in [1.54, 1.807) is 0 Å². The molecule has 1 aromatic heterocycles. The summed E-state index contributed by atoms with van der Waals surface area (Å²) >= 11 is 1.85. The first-order chi connectivity index (χ1) is 9.35. The fourth-order valence-corrected chi connectivity index (χ4v) is 3.35. The average Bonchev–Trinajstić information content (AvgIpc) is 2.56. The van der Waals surface area contributed by atoms with Crippen LogP contribution in [-0.2, 0) is 6.54 Å². The van der Waals surface area contributed by atoms with Crippen LogP contribution >= 0.6 is 11.3 Å². The molecule has 5 heteroatoms. The first kappa shape index (κ1) is 15.7. The number of thiazole rings is 1. The maximum Gasteiger partial charge on any atom is 0.185 e. The number of likely N-dealkylation sites (N-methyl/N-ethyl adjacent to an activating group) is 1. The monoisotopic (exact) mass is 296 g/mol. The molecule has 0 amide bonds. The summed E-state index contributed by atoms with van der Waals surface area (Å²) in [5.41, 5.74) is 1.33. The SMILES string of the molecule is Cc1nc(N2CCCN(C)CC2)sc1CNC(C)(C)C. The molecule has 0 spiro atoms. The molecule has 0 aliphatic carbocycles. The van der Waals surface area contributed by atoms with Crippen molar-refractivity contribution < 1.29 is 0 Å². The van der Waals surface area contributed by atoms with Crippen LogP contribution in [0.2, 0.25) is 0 Å². The third kappa shape index (κ3) is 4.43. The molecule has 4 nitrogen and oxygen atoms in total. The number of nitrogens with zero attached hydrogens (tertiary/aromatic N) is 3. The van der Waals surface area contributed by atoms with Gasteiger partial charge in [-0.25, -0.2) is 4.98 Å². The predicted octanol–water partition coefficient (Wildman–Crippen LogP) is 2.48. The van der Waals surface area contributed by atoms with E-state index >= 15 is 0 Å². The van der Waals surface area contributed by atoms with Crippen LogP contribution in [0.3, 0.4) is 0 Å². The van der Waals surface area contributed by atoms with Crippen LogP contribution in [-0.4, -0.2) is 48.6 Å². The number of nitrogens with one attached hydrogen (secondary N) is 1. The lowest BCUT2D eigenvalue weighted by Gasteiger charge is -2.20. The lowest BCUT2D eigenvalue weighted by atomic mass is 10.1. The second-order valence-corrected chi connectivity index (χ2v) is 7.81. The maximum absolute atomic E-state index is 4.79. The Morgan fingerprint density at radius 1 is 1.20 bits per heavy atom.